The number of unbranched alkanes of at least 4 members (excludes halogenated alkanes) is 9. The van der Waals surface area contributed by atoms with E-state index in [0.717, 1.165) is 23.8 Å². The molecule has 0 aliphatic heterocycles. The summed E-state index contributed by atoms with van der Waals surface area (Å²) in [7, 11) is 0. The van der Waals surface area contributed by atoms with Gasteiger partial charge in [-0.05, 0) is 31.0 Å². The van der Waals surface area contributed by atoms with Gasteiger partial charge in [0.2, 0.25) is 0 Å². The maximum atomic E-state index is 12.1. The first-order valence-corrected chi connectivity index (χ1v) is 10.00. The van der Waals surface area contributed by atoms with E-state index in [4.69, 9.17) is 9.15 Å². The largest absolute Gasteiger partial charge is 0.870 e. The van der Waals surface area contributed by atoms with Crippen molar-refractivity contribution >= 4 is 11.0 Å². The highest BCUT2D eigenvalue weighted by Gasteiger charge is 2.06. The molecule has 0 spiro atoms. The molecule has 4 nitrogen and oxygen atoms in total. The van der Waals surface area contributed by atoms with Crippen LogP contribution in [0.4, 0.5) is 0 Å². The summed E-state index contributed by atoms with van der Waals surface area (Å²) in [6.07, 6.45) is 12.7. The van der Waals surface area contributed by atoms with Gasteiger partial charge in [-0.15, -0.1) is 0 Å². The van der Waals surface area contributed by atoms with E-state index in [9.17, 15) is 9.90 Å². The number of benzene rings is 1. The van der Waals surface area contributed by atoms with Gasteiger partial charge in [0.1, 0.15) is 11.3 Å². The summed E-state index contributed by atoms with van der Waals surface area (Å²) < 4.78 is 10.7. The van der Waals surface area contributed by atoms with E-state index in [1.807, 2.05) is 6.92 Å². The van der Waals surface area contributed by atoms with E-state index in [-0.39, 0.29) is 5.75 Å². The molecule has 1 aromatic carbocycles. The van der Waals surface area contributed by atoms with Crippen LogP contribution in [0.2, 0.25) is 0 Å². The highest BCUT2D eigenvalue weighted by molar-refractivity contribution is 5.83. The fourth-order valence-corrected chi connectivity index (χ4v) is 3.21. The molecule has 0 radical (unpaired) electrons. The van der Waals surface area contributed by atoms with Crippen molar-refractivity contribution in [2.24, 2.45) is 0 Å². The summed E-state index contributed by atoms with van der Waals surface area (Å²) in [5.41, 5.74) is 0.680. The Morgan fingerprint density at radius 1 is 0.923 bits per heavy atom. The molecule has 0 bridgehead atoms. The maximum Gasteiger partial charge on any atom is 0.336 e. The van der Waals surface area contributed by atoms with Crippen LogP contribution < -0.4 is 15.5 Å². The van der Waals surface area contributed by atoms with Gasteiger partial charge in [-0.25, -0.2) is 4.79 Å². The second-order valence-corrected chi connectivity index (χ2v) is 7.07. The minimum absolute atomic E-state index is 0.238. The van der Waals surface area contributed by atoms with Crippen LogP contribution in [0.5, 0.6) is 11.5 Å². The zero-order chi connectivity index (χ0) is 18.8. The first-order chi connectivity index (χ1) is 12.6. The zero-order valence-corrected chi connectivity index (χ0v) is 16.1. The molecule has 0 saturated carbocycles. The van der Waals surface area contributed by atoms with Crippen LogP contribution in [0.25, 0.3) is 11.0 Å². The Balaban J connectivity index is 1.68. The smallest absolute Gasteiger partial charge is 0.336 e. The van der Waals surface area contributed by atoms with Gasteiger partial charge < -0.3 is 14.3 Å². The summed E-state index contributed by atoms with van der Waals surface area (Å²) in [5, 5.41) is 12.8. The summed E-state index contributed by atoms with van der Waals surface area (Å²) in [6, 6.07) is 4.46. The number of ether oxygens (including phenoxy) is 1. The normalized spacial score (nSPS) is 11.2. The van der Waals surface area contributed by atoms with E-state index < -0.39 is 5.63 Å². The summed E-state index contributed by atoms with van der Waals surface area (Å²) >= 11 is 0. The van der Waals surface area contributed by atoms with Gasteiger partial charge in [-0.1, -0.05) is 70.5 Å². The van der Waals surface area contributed by atoms with E-state index in [1.54, 1.807) is 6.07 Å². The van der Waals surface area contributed by atoms with Gasteiger partial charge in [-0.3, -0.25) is 0 Å². The van der Waals surface area contributed by atoms with Crippen LogP contribution in [0.3, 0.4) is 0 Å². The average Bonchev–Trinajstić information content (AvgIpc) is 2.60. The van der Waals surface area contributed by atoms with Crippen molar-refractivity contribution in [3.05, 3.63) is 34.2 Å². The molecule has 0 unspecified atom stereocenters. The summed E-state index contributed by atoms with van der Waals surface area (Å²) in [6.45, 7) is 4.62. The number of hydrogen-bond acceptors (Lipinski definition) is 4. The van der Waals surface area contributed by atoms with Crippen molar-refractivity contribution in [3.8, 4) is 11.5 Å². The van der Waals surface area contributed by atoms with Gasteiger partial charge in [0, 0.05) is 11.5 Å². The predicted molar refractivity (Wildman–Crippen MR) is 104 cm³/mol. The third-order valence-electron chi connectivity index (χ3n) is 4.77. The molecule has 0 aliphatic rings. The Morgan fingerprint density at radius 2 is 1.54 bits per heavy atom. The molecule has 26 heavy (non-hydrogen) atoms. The number of hydrogen-bond donors (Lipinski definition) is 0. The summed E-state index contributed by atoms with van der Waals surface area (Å²) in [5.74, 6) is 0.101. The molecule has 0 aliphatic carbocycles. The Morgan fingerprint density at radius 3 is 2.19 bits per heavy atom. The predicted octanol–water partition coefficient (Wildman–Crippen LogP) is 5.47. The van der Waals surface area contributed by atoms with Gasteiger partial charge in [0.25, 0.3) is 0 Å². The van der Waals surface area contributed by atoms with Crippen molar-refractivity contribution < 1.29 is 14.3 Å². The van der Waals surface area contributed by atoms with E-state index in [0.29, 0.717) is 17.9 Å². The Bertz CT molecular complexity index is 733. The number of rotatable bonds is 12. The first-order valence-electron chi connectivity index (χ1n) is 10.00. The van der Waals surface area contributed by atoms with Gasteiger partial charge >= 0.3 is 5.63 Å². The molecule has 1 aromatic heterocycles. The SMILES string of the molecule is CCCCCCCCCCCCOc1cc2c(C)cc(=O)oc2cc1[O-]. The van der Waals surface area contributed by atoms with Crippen LogP contribution >= 0.6 is 0 Å². The molecule has 4 heteroatoms. The van der Waals surface area contributed by atoms with Crippen LogP contribution in [-0.2, 0) is 0 Å². The summed E-state index contributed by atoms with van der Waals surface area (Å²) in [4.78, 5) is 11.4. The van der Waals surface area contributed by atoms with Crippen LogP contribution in [0.1, 0.15) is 76.7 Å². The molecule has 0 amide bonds. The first kappa shape index (κ1) is 20.3. The van der Waals surface area contributed by atoms with Crippen LogP contribution in [-0.4, -0.2) is 6.61 Å². The molecule has 2 rings (SSSR count). The molecule has 0 N–H and O–H groups in total. The fourth-order valence-electron chi connectivity index (χ4n) is 3.21. The third-order valence-corrected chi connectivity index (χ3v) is 4.77. The topological polar surface area (TPSA) is 62.5 Å². The Hall–Kier alpha value is -1.97. The van der Waals surface area contributed by atoms with Gasteiger partial charge in [0.05, 0.1) is 6.61 Å². The third kappa shape index (κ3) is 6.40. The van der Waals surface area contributed by atoms with Gasteiger partial charge in [-0.2, -0.15) is 0 Å². The highest BCUT2D eigenvalue weighted by atomic mass is 16.5. The van der Waals surface area contributed by atoms with Crippen LogP contribution in [0, 0.1) is 6.92 Å². The Labute approximate surface area is 156 Å². The zero-order valence-electron chi connectivity index (χ0n) is 16.1. The van der Waals surface area contributed by atoms with Crippen molar-refractivity contribution in [1.82, 2.24) is 0 Å². The number of aryl methyl sites for hydroxylation is 1. The lowest BCUT2D eigenvalue weighted by Gasteiger charge is -2.16. The fraction of sp³-hybridized carbons (Fsp3) is 0.591. The molecule has 0 atom stereocenters. The second kappa shape index (κ2) is 10.9. The molecule has 144 valence electrons. The lowest BCUT2D eigenvalue weighted by molar-refractivity contribution is -0.270. The highest BCUT2D eigenvalue weighted by Crippen LogP contribution is 2.30. The van der Waals surface area contributed by atoms with Crippen molar-refractivity contribution in [2.75, 3.05) is 6.61 Å². The molecular weight excluding hydrogens is 328 g/mol. The lowest BCUT2D eigenvalue weighted by Crippen LogP contribution is -2.03. The molecular formula is C22H31O4-. The van der Waals surface area contributed by atoms with E-state index in [2.05, 4.69) is 6.92 Å². The second-order valence-electron chi connectivity index (χ2n) is 7.07. The minimum atomic E-state index is -0.437. The van der Waals surface area contributed by atoms with Crippen molar-refractivity contribution in [2.45, 2.75) is 78.1 Å². The minimum Gasteiger partial charge on any atom is -0.870 e. The molecule has 0 fully saturated rings. The average molecular weight is 359 g/mol. The van der Waals surface area contributed by atoms with Crippen molar-refractivity contribution in [3.63, 3.8) is 0 Å². The van der Waals surface area contributed by atoms with E-state index in [1.165, 1.54) is 63.5 Å². The van der Waals surface area contributed by atoms with E-state index >= 15 is 0 Å². The van der Waals surface area contributed by atoms with Gasteiger partial charge in [0.15, 0.2) is 0 Å². The molecule has 2 aromatic rings. The lowest BCUT2D eigenvalue weighted by atomic mass is 10.1. The Kier molecular flexibility index (Phi) is 8.52. The van der Waals surface area contributed by atoms with Crippen molar-refractivity contribution in [1.29, 1.82) is 0 Å². The molecule has 1 heterocycles. The maximum absolute atomic E-state index is 12.1. The quantitative estimate of drug-likeness (QED) is 0.372. The van der Waals surface area contributed by atoms with Crippen LogP contribution in [0.15, 0.2) is 27.4 Å². The standard InChI is InChI=1S/C22H32O4/c1-3-4-5-6-7-8-9-10-11-12-13-25-21-15-18-17(2)14-22(24)26-20(18)16-19(21)23/h14-16,23H,3-13H2,1-2H3/p-1. The molecule has 0 saturated heterocycles. The number of fused-ring (bicyclic) bond motifs is 1. The monoisotopic (exact) mass is 359 g/mol.